The Balaban J connectivity index is 1.48. The van der Waals surface area contributed by atoms with Gasteiger partial charge in [-0.1, -0.05) is 48.9 Å². The summed E-state index contributed by atoms with van der Waals surface area (Å²) in [5, 5.41) is 1.81. The van der Waals surface area contributed by atoms with Crippen LogP contribution in [0.3, 0.4) is 0 Å². The molecule has 172 valence electrons. The number of hydrogen-bond acceptors (Lipinski definition) is 5. The molecule has 1 N–H and O–H groups in total. The van der Waals surface area contributed by atoms with Crippen LogP contribution in [0.4, 0.5) is 5.69 Å². The number of sulfonamides is 1. The lowest BCUT2D eigenvalue weighted by molar-refractivity contribution is -0.138. The molecule has 0 amide bonds. The van der Waals surface area contributed by atoms with Crippen LogP contribution in [0, 0.1) is 0 Å². The zero-order chi connectivity index (χ0) is 22.5. The lowest BCUT2D eigenvalue weighted by atomic mass is 9.77. The van der Waals surface area contributed by atoms with Crippen LogP contribution >= 0.6 is 0 Å². The van der Waals surface area contributed by atoms with Gasteiger partial charge in [0.15, 0.2) is 5.72 Å². The third-order valence-corrected chi connectivity index (χ3v) is 8.73. The summed E-state index contributed by atoms with van der Waals surface area (Å²) >= 11 is 0. The van der Waals surface area contributed by atoms with E-state index in [9.17, 15) is 8.42 Å². The van der Waals surface area contributed by atoms with Crippen LogP contribution in [-0.2, 0) is 14.8 Å². The van der Waals surface area contributed by atoms with Gasteiger partial charge in [0.05, 0.1) is 23.8 Å². The average Bonchev–Trinajstić information content (AvgIpc) is 3.21. The molecule has 3 aliphatic rings. The highest BCUT2D eigenvalue weighted by Crippen LogP contribution is 2.57. The van der Waals surface area contributed by atoms with Crippen molar-refractivity contribution >= 4 is 26.5 Å². The first-order valence-electron chi connectivity index (χ1n) is 11.7. The number of rotatable bonds is 4. The first-order valence-corrected chi connectivity index (χ1v) is 13.2. The van der Waals surface area contributed by atoms with Crippen molar-refractivity contribution in [1.82, 2.24) is 4.90 Å². The van der Waals surface area contributed by atoms with Gasteiger partial charge >= 0.3 is 0 Å². The molecule has 2 heterocycles. The summed E-state index contributed by atoms with van der Waals surface area (Å²) in [6.07, 6.45) is 4.30. The van der Waals surface area contributed by atoms with Crippen molar-refractivity contribution in [1.29, 1.82) is 0 Å². The van der Waals surface area contributed by atoms with Gasteiger partial charge in [-0.2, -0.15) is 0 Å². The van der Waals surface area contributed by atoms with E-state index >= 15 is 0 Å². The van der Waals surface area contributed by atoms with E-state index in [4.69, 9.17) is 9.47 Å². The fourth-order valence-corrected chi connectivity index (χ4v) is 6.93. The molecule has 3 aromatic carbocycles. The Labute approximate surface area is 194 Å². The monoisotopic (exact) mass is 464 g/mol. The van der Waals surface area contributed by atoms with E-state index in [2.05, 4.69) is 9.62 Å². The second-order valence-corrected chi connectivity index (χ2v) is 10.8. The zero-order valence-corrected chi connectivity index (χ0v) is 19.3. The molecule has 7 heteroatoms. The van der Waals surface area contributed by atoms with Crippen molar-refractivity contribution in [3.63, 3.8) is 0 Å². The molecule has 0 unspecified atom stereocenters. The fourth-order valence-electron chi connectivity index (χ4n) is 5.84. The van der Waals surface area contributed by atoms with Crippen LogP contribution in [-0.4, -0.2) is 45.3 Å². The third kappa shape index (κ3) is 3.41. The molecule has 1 aliphatic carbocycles. The Morgan fingerprint density at radius 3 is 2.45 bits per heavy atom. The van der Waals surface area contributed by atoms with Crippen molar-refractivity contribution in [3.05, 3.63) is 66.2 Å². The maximum Gasteiger partial charge on any atom is 0.261 e. The number of anilines is 1. The Hall–Kier alpha value is -2.61. The smallest absolute Gasteiger partial charge is 0.261 e. The molecule has 6 nitrogen and oxygen atoms in total. The maximum absolute atomic E-state index is 13.2. The summed E-state index contributed by atoms with van der Waals surface area (Å²) in [7, 11) is -3.70. The minimum Gasteiger partial charge on any atom is -0.471 e. The van der Waals surface area contributed by atoms with E-state index in [0.717, 1.165) is 74.1 Å². The molecule has 2 fully saturated rings. The molecule has 0 radical (unpaired) electrons. The van der Waals surface area contributed by atoms with E-state index in [1.807, 2.05) is 36.4 Å². The Bertz CT molecular complexity index is 1290. The molecule has 6 rings (SSSR count). The predicted molar refractivity (Wildman–Crippen MR) is 128 cm³/mol. The number of fused-ring (bicyclic) bond motifs is 5. The molecule has 0 bridgehead atoms. The largest absolute Gasteiger partial charge is 0.471 e. The standard InChI is InChI=1S/C26H28N2O4S/c29-33(30,19-8-2-1-3-9-19)27-24-18-22-23-12-6-7-13-26(23,28-14-16-31-17-15-28)32-25(22)21-11-5-4-10-20(21)24/h1-5,8-11,18,23,27H,6-7,12-17H2/t23-,26+/m0/s1. The number of benzene rings is 3. The SMILES string of the molecule is O=S(=O)(Nc1cc2c(c3ccccc13)O[C@]1(N3CCOCC3)CCCC[C@@H]21)c1ccccc1. The first-order chi connectivity index (χ1) is 16.1. The summed E-state index contributed by atoms with van der Waals surface area (Å²) in [6, 6.07) is 18.5. The van der Waals surface area contributed by atoms with Gasteiger partial charge in [0.1, 0.15) is 5.75 Å². The molecule has 1 saturated carbocycles. The number of morpholine rings is 1. The average molecular weight is 465 g/mol. The summed E-state index contributed by atoms with van der Waals surface area (Å²) in [5.41, 5.74) is 1.36. The topological polar surface area (TPSA) is 67.9 Å². The summed E-state index contributed by atoms with van der Waals surface area (Å²) in [6.45, 7) is 3.15. The number of nitrogens with zero attached hydrogens (tertiary/aromatic N) is 1. The molecule has 0 spiro atoms. The van der Waals surface area contributed by atoms with Crippen molar-refractivity contribution in [3.8, 4) is 5.75 Å². The summed E-state index contributed by atoms with van der Waals surface area (Å²) in [4.78, 5) is 2.72. The van der Waals surface area contributed by atoms with Gasteiger partial charge in [0.25, 0.3) is 10.0 Å². The van der Waals surface area contributed by atoms with Crippen LogP contribution < -0.4 is 9.46 Å². The van der Waals surface area contributed by atoms with Crippen LogP contribution in [0.5, 0.6) is 5.75 Å². The minimum absolute atomic E-state index is 0.212. The maximum atomic E-state index is 13.2. The van der Waals surface area contributed by atoms with Crippen molar-refractivity contribution < 1.29 is 17.9 Å². The summed E-state index contributed by atoms with van der Waals surface area (Å²) < 4.78 is 41.8. The molecule has 2 aliphatic heterocycles. The highest BCUT2D eigenvalue weighted by molar-refractivity contribution is 7.92. The van der Waals surface area contributed by atoms with Gasteiger partial charge in [0.2, 0.25) is 0 Å². The second kappa shape index (κ2) is 8.01. The first kappa shape index (κ1) is 21.0. The molecular weight excluding hydrogens is 436 g/mol. The van der Waals surface area contributed by atoms with Gasteiger partial charge in [-0.3, -0.25) is 9.62 Å². The lowest BCUT2D eigenvalue weighted by Gasteiger charge is -2.47. The Morgan fingerprint density at radius 1 is 0.939 bits per heavy atom. The van der Waals surface area contributed by atoms with Crippen LogP contribution in [0.2, 0.25) is 0 Å². The third-order valence-electron chi connectivity index (χ3n) is 7.34. The van der Waals surface area contributed by atoms with Gasteiger partial charge in [0, 0.05) is 41.8 Å². The normalized spacial score (nSPS) is 25.3. The van der Waals surface area contributed by atoms with Crippen LogP contribution in [0.1, 0.15) is 37.2 Å². The van der Waals surface area contributed by atoms with Gasteiger partial charge in [-0.25, -0.2) is 8.42 Å². The van der Waals surface area contributed by atoms with Gasteiger partial charge < -0.3 is 9.47 Å². The van der Waals surface area contributed by atoms with E-state index in [1.165, 1.54) is 0 Å². The van der Waals surface area contributed by atoms with Crippen molar-refractivity contribution in [2.24, 2.45) is 0 Å². The highest BCUT2D eigenvalue weighted by Gasteiger charge is 2.54. The Kier molecular flexibility index (Phi) is 5.09. The zero-order valence-electron chi connectivity index (χ0n) is 18.5. The lowest BCUT2D eigenvalue weighted by Crippen LogP contribution is -2.59. The van der Waals surface area contributed by atoms with Crippen LogP contribution in [0.15, 0.2) is 65.6 Å². The van der Waals surface area contributed by atoms with Crippen LogP contribution in [0.25, 0.3) is 10.8 Å². The highest BCUT2D eigenvalue weighted by atomic mass is 32.2. The summed E-state index contributed by atoms with van der Waals surface area (Å²) in [5.74, 6) is 1.12. The van der Waals surface area contributed by atoms with Gasteiger partial charge in [-0.05, 0) is 31.0 Å². The Morgan fingerprint density at radius 2 is 1.67 bits per heavy atom. The molecule has 1 saturated heterocycles. The van der Waals surface area contributed by atoms with Gasteiger partial charge in [-0.15, -0.1) is 0 Å². The molecule has 0 aromatic heterocycles. The molecule has 33 heavy (non-hydrogen) atoms. The fraction of sp³-hybridized carbons (Fsp3) is 0.385. The number of ether oxygens (including phenoxy) is 2. The van der Waals surface area contributed by atoms with E-state index in [0.29, 0.717) is 5.69 Å². The second-order valence-electron chi connectivity index (χ2n) is 9.15. The van der Waals surface area contributed by atoms with E-state index in [-0.39, 0.29) is 16.5 Å². The molecule has 3 aromatic rings. The molecule has 2 atom stereocenters. The van der Waals surface area contributed by atoms with E-state index in [1.54, 1.807) is 24.3 Å². The van der Waals surface area contributed by atoms with Crippen molar-refractivity contribution in [2.75, 3.05) is 31.0 Å². The van der Waals surface area contributed by atoms with E-state index < -0.39 is 10.0 Å². The predicted octanol–water partition coefficient (Wildman–Crippen LogP) is 4.72. The number of hydrogen-bond donors (Lipinski definition) is 1. The quantitative estimate of drug-likeness (QED) is 0.605. The minimum atomic E-state index is -3.70. The number of nitrogens with one attached hydrogen (secondary N) is 1. The molecular formula is C26H28N2O4S. The van der Waals surface area contributed by atoms with Crippen molar-refractivity contribution in [2.45, 2.75) is 42.2 Å².